The summed E-state index contributed by atoms with van der Waals surface area (Å²) in [4.78, 5) is 12.9. The molecule has 4 rings (SSSR count). The third-order valence-electron chi connectivity index (χ3n) is 7.11. The average Bonchev–Trinajstić information content (AvgIpc) is 3.30. The van der Waals surface area contributed by atoms with Crippen LogP contribution in [-0.2, 0) is 11.2 Å². The van der Waals surface area contributed by atoms with Crippen LogP contribution in [0.3, 0.4) is 0 Å². The molecule has 0 radical (unpaired) electrons. The van der Waals surface area contributed by atoms with Gasteiger partial charge in [0.1, 0.15) is 11.5 Å². The highest BCUT2D eigenvalue weighted by Gasteiger charge is 2.32. The Hall–Kier alpha value is -3.27. The van der Waals surface area contributed by atoms with Gasteiger partial charge in [-0.3, -0.25) is 4.79 Å². The first-order valence-corrected chi connectivity index (χ1v) is 12.1. The number of hydrogen-bond donors (Lipinski definition) is 1. The maximum absolute atomic E-state index is 12.9. The Morgan fingerprint density at radius 2 is 1.68 bits per heavy atom. The van der Waals surface area contributed by atoms with Gasteiger partial charge in [0.2, 0.25) is 5.91 Å². The van der Waals surface area contributed by atoms with E-state index in [4.69, 9.17) is 9.47 Å². The smallest absolute Gasteiger partial charge is 0.224 e. The van der Waals surface area contributed by atoms with E-state index in [2.05, 4.69) is 64.2 Å². The SMILES string of the molecule is COc1ccc(CCC(=O)Nc2c(C)c(C)c3c(c2C)C(c2ccc(C(C)C)cc2)CO3)cc1. The third-order valence-corrected chi connectivity index (χ3v) is 7.11. The molecule has 1 atom stereocenters. The number of nitrogens with one attached hydrogen (secondary N) is 1. The quantitative estimate of drug-likeness (QED) is 0.422. The molecule has 0 fully saturated rings. The molecule has 0 aliphatic carbocycles. The fraction of sp³-hybridized carbons (Fsp3) is 0.367. The van der Waals surface area contributed by atoms with Crippen LogP contribution in [0.1, 0.15) is 71.0 Å². The molecule has 3 aromatic rings. The van der Waals surface area contributed by atoms with E-state index in [1.807, 2.05) is 24.3 Å². The predicted molar refractivity (Wildman–Crippen MR) is 138 cm³/mol. The lowest BCUT2D eigenvalue weighted by Crippen LogP contribution is -2.16. The van der Waals surface area contributed by atoms with Crippen molar-refractivity contribution in [1.29, 1.82) is 0 Å². The molecule has 4 nitrogen and oxygen atoms in total. The number of ether oxygens (including phenoxy) is 2. The maximum Gasteiger partial charge on any atom is 0.224 e. The van der Waals surface area contributed by atoms with Crippen molar-refractivity contribution >= 4 is 11.6 Å². The molecule has 0 saturated heterocycles. The minimum atomic E-state index is 0.0260. The molecule has 0 aromatic heterocycles. The van der Waals surface area contributed by atoms with E-state index >= 15 is 0 Å². The minimum Gasteiger partial charge on any atom is -0.497 e. The standard InChI is InChI=1S/C30H35NO3/c1-18(2)23-10-12-24(13-11-23)26-17-34-30-20(4)19(3)29(21(5)28(26)30)31-27(32)16-9-22-7-14-25(33-6)15-8-22/h7-8,10-15,18,26H,9,16-17H2,1-6H3,(H,31,32). The van der Waals surface area contributed by atoms with Crippen LogP contribution >= 0.6 is 0 Å². The number of carbonyl (C=O) groups is 1. The number of methoxy groups -OCH3 is 1. The van der Waals surface area contributed by atoms with E-state index in [-0.39, 0.29) is 11.8 Å². The van der Waals surface area contributed by atoms with Gasteiger partial charge in [0.25, 0.3) is 0 Å². The second kappa shape index (κ2) is 9.92. The Bertz CT molecular complexity index is 1180. The first-order valence-electron chi connectivity index (χ1n) is 12.1. The second-order valence-corrected chi connectivity index (χ2v) is 9.57. The number of carbonyl (C=O) groups excluding carboxylic acids is 1. The van der Waals surface area contributed by atoms with Crippen LogP contribution in [0.4, 0.5) is 5.69 Å². The Kier molecular flexibility index (Phi) is 6.97. The number of amides is 1. The Balaban J connectivity index is 1.56. The summed E-state index contributed by atoms with van der Waals surface area (Å²) in [6, 6.07) is 16.8. The molecule has 1 aliphatic rings. The molecule has 1 unspecified atom stereocenters. The molecule has 0 spiro atoms. The molecule has 178 valence electrons. The summed E-state index contributed by atoms with van der Waals surface area (Å²) in [5, 5.41) is 3.22. The second-order valence-electron chi connectivity index (χ2n) is 9.57. The Morgan fingerprint density at radius 3 is 2.29 bits per heavy atom. The van der Waals surface area contributed by atoms with Gasteiger partial charge in [-0.1, -0.05) is 50.2 Å². The van der Waals surface area contributed by atoms with Crippen LogP contribution in [-0.4, -0.2) is 19.6 Å². The summed E-state index contributed by atoms with van der Waals surface area (Å²) in [7, 11) is 1.65. The van der Waals surface area contributed by atoms with Gasteiger partial charge in [-0.2, -0.15) is 0 Å². The topological polar surface area (TPSA) is 47.6 Å². The summed E-state index contributed by atoms with van der Waals surface area (Å²) >= 11 is 0. The van der Waals surface area contributed by atoms with Gasteiger partial charge in [-0.15, -0.1) is 0 Å². The molecule has 34 heavy (non-hydrogen) atoms. The molecule has 1 aliphatic heterocycles. The first-order chi connectivity index (χ1) is 16.3. The minimum absolute atomic E-state index is 0.0260. The van der Waals surface area contributed by atoms with Gasteiger partial charge >= 0.3 is 0 Å². The van der Waals surface area contributed by atoms with Crippen LogP contribution in [0.2, 0.25) is 0 Å². The lowest BCUT2D eigenvalue weighted by molar-refractivity contribution is -0.116. The van der Waals surface area contributed by atoms with Gasteiger partial charge in [0.05, 0.1) is 13.7 Å². The molecule has 1 N–H and O–H groups in total. The van der Waals surface area contributed by atoms with Crippen LogP contribution < -0.4 is 14.8 Å². The van der Waals surface area contributed by atoms with Crippen molar-refractivity contribution in [2.24, 2.45) is 0 Å². The van der Waals surface area contributed by atoms with Crippen LogP contribution in [0.15, 0.2) is 48.5 Å². The molecule has 4 heteroatoms. The number of fused-ring (bicyclic) bond motifs is 1. The van der Waals surface area contributed by atoms with Crippen molar-refractivity contribution in [2.75, 3.05) is 19.0 Å². The highest BCUT2D eigenvalue weighted by Crippen LogP contribution is 2.46. The zero-order valence-corrected chi connectivity index (χ0v) is 21.1. The highest BCUT2D eigenvalue weighted by molar-refractivity contribution is 5.93. The lowest BCUT2D eigenvalue weighted by Gasteiger charge is -2.20. The molecule has 0 bridgehead atoms. The molecule has 1 amide bonds. The van der Waals surface area contributed by atoms with Crippen molar-refractivity contribution in [1.82, 2.24) is 0 Å². The molecular weight excluding hydrogens is 422 g/mol. The van der Waals surface area contributed by atoms with Gasteiger partial charge in [-0.05, 0) is 78.6 Å². The van der Waals surface area contributed by atoms with Crippen molar-refractivity contribution < 1.29 is 14.3 Å². The van der Waals surface area contributed by atoms with Crippen molar-refractivity contribution in [2.45, 2.75) is 59.3 Å². The summed E-state index contributed by atoms with van der Waals surface area (Å²) in [5.41, 5.74) is 9.11. The van der Waals surface area contributed by atoms with E-state index in [1.165, 1.54) is 16.7 Å². The van der Waals surface area contributed by atoms with Gasteiger partial charge in [-0.25, -0.2) is 0 Å². The van der Waals surface area contributed by atoms with Crippen LogP contribution in [0.25, 0.3) is 0 Å². The fourth-order valence-corrected chi connectivity index (χ4v) is 4.82. The Labute approximate surface area is 203 Å². The predicted octanol–water partition coefficient (Wildman–Crippen LogP) is 6.84. The molecule has 3 aromatic carbocycles. The van der Waals surface area contributed by atoms with Gasteiger partial charge in [0.15, 0.2) is 0 Å². The van der Waals surface area contributed by atoms with E-state index in [0.29, 0.717) is 25.4 Å². The van der Waals surface area contributed by atoms with Crippen molar-refractivity contribution in [3.8, 4) is 11.5 Å². The van der Waals surface area contributed by atoms with E-state index in [9.17, 15) is 4.79 Å². The van der Waals surface area contributed by atoms with Crippen LogP contribution in [0.5, 0.6) is 11.5 Å². The number of aryl methyl sites for hydroxylation is 1. The van der Waals surface area contributed by atoms with Crippen molar-refractivity contribution in [3.63, 3.8) is 0 Å². The highest BCUT2D eigenvalue weighted by atomic mass is 16.5. The van der Waals surface area contributed by atoms with E-state index in [1.54, 1.807) is 7.11 Å². The molecular formula is C30H35NO3. The van der Waals surface area contributed by atoms with Crippen LogP contribution in [0, 0.1) is 20.8 Å². The summed E-state index contributed by atoms with van der Waals surface area (Å²) in [6.45, 7) is 11.3. The number of rotatable bonds is 7. The third kappa shape index (κ3) is 4.68. The van der Waals surface area contributed by atoms with Gasteiger partial charge in [0, 0.05) is 23.6 Å². The normalized spacial score (nSPS) is 14.6. The average molecular weight is 458 g/mol. The summed E-state index contributed by atoms with van der Waals surface area (Å²) < 4.78 is 11.4. The van der Waals surface area contributed by atoms with Gasteiger partial charge < -0.3 is 14.8 Å². The zero-order valence-electron chi connectivity index (χ0n) is 21.1. The molecule has 1 heterocycles. The largest absolute Gasteiger partial charge is 0.497 e. The number of anilines is 1. The number of hydrogen-bond acceptors (Lipinski definition) is 3. The van der Waals surface area contributed by atoms with E-state index < -0.39 is 0 Å². The summed E-state index contributed by atoms with van der Waals surface area (Å²) in [5.74, 6) is 2.50. The molecule has 0 saturated carbocycles. The van der Waals surface area contributed by atoms with E-state index in [0.717, 1.165) is 39.4 Å². The monoisotopic (exact) mass is 457 g/mol. The number of benzene rings is 3. The first kappa shape index (κ1) is 23.9. The lowest BCUT2D eigenvalue weighted by atomic mass is 9.85. The maximum atomic E-state index is 12.9. The summed E-state index contributed by atoms with van der Waals surface area (Å²) in [6.07, 6.45) is 1.11. The zero-order chi connectivity index (χ0) is 24.4. The van der Waals surface area contributed by atoms with Crippen molar-refractivity contribution in [3.05, 3.63) is 87.5 Å². The fourth-order valence-electron chi connectivity index (χ4n) is 4.82. The Morgan fingerprint density at radius 1 is 1.00 bits per heavy atom.